The predicted octanol–water partition coefficient (Wildman–Crippen LogP) is 3.17. The van der Waals surface area contributed by atoms with Gasteiger partial charge in [0, 0.05) is 24.4 Å². The van der Waals surface area contributed by atoms with Gasteiger partial charge in [-0.3, -0.25) is 4.79 Å². The molecule has 0 unspecified atom stereocenters. The third-order valence-corrected chi connectivity index (χ3v) is 2.73. The first-order valence-electron chi connectivity index (χ1n) is 5.24. The van der Waals surface area contributed by atoms with Crippen LogP contribution in [0, 0.1) is 6.92 Å². The molecule has 0 N–H and O–H groups in total. The Bertz CT molecular complexity index is 523. The van der Waals surface area contributed by atoms with Crippen LogP contribution in [0.1, 0.15) is 29.9 Å². The lowest BCUT2D eigenvalue weighted by Crippen LogP contribution is -2.04. The number of aromatic nitrogens is 1. The minimum absolute atomic E-state index is 0.130. The molecule has 2 heteroatoms. The highest BCUT2D eigenvalue weighted by atomic mass is 16.1. The zero-order valence-electron chi connectivity index (χ0n) is 9.37. The van der Waals surface area contributed by atoms with Gasteiger partial charge < -0.3 is 4.57 Å². The molecule has 1 aromatic heterocycles. The lowest BCUT2D eigenvalue weighted by Gasteiger charge is -2.04. The molecule has 2 aromatic rings. The topological polar surface area (TPSA) is 22.0 Å². The van der Waals surface area contributed by atoms with Gasteiger partial charge in [0.15, 0.2) is 5.78 Å². The van der Waals surface area contributed by atoms with Crippen LogP contribution in [0.25, 0.3) is 10.9 Å². The molecule has 0 fully saturated rings. The number of hydrogen-bond acceptors (Lipinski definition) is 1. The van der Waals surface area contributed by atoms with E-state index in [1.165, 1.54) is 5.56 Å². The quantitative estimate of drug-likeness (QED) is 0.684. The van der Waals surface area contributed by atoms with E-state index in [0.29, 0.717) is 0 Å². The first-order chi connectivity index (χ1) is 7.13. The maximum atomic E-state index is 11.5. The number of hydrogen-bond donors (Lipinski definition) is 0. The van der Waals surface area contributed by atoms with Crippen LogP contribution in [-0.2, 0) is 6.54 Å². The van der Waals surface area contributed by atoms with Gasteiger partial charge in [-0.1, -0.05) is 11.6 Å². The maximum Gasteiger partial charge on any atom is 0.176 e. The summed E-state index contributed by atoms with van der Waals surface area (Å²) in [5.74, 6) is 0.130. The summed E-state index contributed by atoms with van der Waals surface area (Å²) >= 11 is 0. The second-order valence-electron chi connectivity index (χ2n) is 3.89. The van der Waals surface area contributed by atoms with Crippen molar-refractivity contribution in [3.05, 3.63) is 35.5 Å². The maximum absolute atomic E-state index is 11.5. The van der Waals surface area contributed by atoms with E-state index >= 15 is 0 Å². The minimum atomic E-state index is 0.130. The van der Waals surface area contributed by atoms with Gasteiger partial charge in [-0.25, -0.2) is 0 Å². The van der Waals surface area contributed by atoms with E-state index in [-0.39, 0.29) is 5.78 Å². The van der Waals surface area contributed by atoms with Crippen LogP contribution in [0.2, 0.25) is 0 Å². The van der Waals surface area contributed by atoms with Crippen LogP contribution >= 0.6 is 0 Å². The van der Waals surface area contributed by atoms with E-state index in [1.807, 2.05) is 6.07 Å². The zero-order chi connectivity index (χ0) is 11.0. The fourth-order valence-electron chi connectivity index (χ4n) is 2.02. The standard InChI is InChI=1S/C13H15NO/c1-4-14-12-6-5-9(2)7-11(12)8-13(14)10(3)15/h5-8H,4H2,1-3H3. The second kappa shape index (κ2) is 3.54. The Labute approximate surface area is 89.5 Å². The molecular formula is C13H15NO. The molecule has 1 heterocycles. The Kier molecular flexibility index (Phi) is 2.35. The molecule has 15 heavy (non-hydrogen) atoms. The first-order valence-corrected chi connectivity index (χ1v) is 5.24. The van der Waals surface area contributed by atoms with Crippen molar-refractivity contribution >= 4 is 16.7 Å². The molecule has 0 radical (unpaired) electrons. The van der Waals surface area contributed by atoms with Crippen molar-refractivity contribution < 1.29 is 4.79 Å². The van der Waals surface area contributed by atoms with Gasteiger partial charge in [0.2, 0.25) is 0 Å². The molecule has 0 aliphatic heterocycles. The number of aryl methyl sites for hydroxylation is 2. The van der Waals surface area contributed by atoms with Gasteiger partial charge >= 0.3 is 0 Å². The van der Waals surface area contributed by atoms with E-state index in [0.717, 1.165) is 23.1 Å². The molecule has 0 aliphatic rings. The van der Waals surface area contributed by atoms with Gasteiger partial charge in [0.25, 0.3) is 0 Å². The lowest BCUT2D eigenvalue weighted by molar-refractivity contribution is 0.100. The van der Waals surface area contributed by atoms with Crippen LogP contribution in [0.15, 0.2) is 24.3 Å². The summed E-state index contributed by atoms with van der Waals surface area (Å²) < 4.78 is 2.07. The highest BCUT2D eigenvalue weighted by molar-refractivity contribution is 5.98. The Morgan fingerprint density at radius 1 is 1.33 bits per heavy atom. The van der Waals surface area contributed by atoms with Crippen molar-refractivity contribution in [3.63, 3.8) is 0 Å². The third-order valence-electron chi connectivity index (χ3n) is 2.73. The first kappa shape index (κ1) is 9.97. The molecule has 78 valence electrons. The summed E-state index contributed by atoms with van der Waals surface area (Å²) in [6.45, 7) is 6.58. The highest BCUT2D eigenvalue weighted by Crippen LogP contribution is 2.21. The van der Waals surface area contributed by atoms with Gasteiger partial charge in [0.1, 0.15) is 0 Å². The molecule has 0 saturated heterocycles. The van der Waals surface area contributed by atoms with E-state index in [2.05, 4.69) is 36.6 Å². The minimum Gasteiger partial charge on any atom is -0.338 e. The van der Waals surface area contributed by atoms with E-state index in [1.54, 1.807) is 6.92 Å². The Hall–Kier alpha value is -1.57. The normalized spacial score (nSPS) is 10.9. The van der Waals surface area contributed by atoms with Gasteiger partial charge in [-0.05, 0) is 32.0 Å². The van der Waals surface area contributed by atoms with Crippen LogP contribution in [0.3, 0.4) is 0 Å². The van der Waals surface area contributed by atoms with E-state index in [4.69, 9.17) is 0 Å². The molecular weight excluding hydrogens is 186 g/mol. The molecule has 0 saturated carbocycles. The number of carbonyl (C=O) groups is 1. The second-order valence-corrected chi connectivity index (χ2v) is 3.89. The van der Waals surface area contributed by atoms with Crippen molar-refractivity contribution in [3.8, 4) is 0 Å². The highest BCUT2D eigenvalue weighted by Gasteiger charge is 2.10. The van der Waals surface area contributed by atoms with Gasteiger partial charge in [-0.2, -0.15) is 0 Å². The van der Waals surface area contributed by atoms with Crippen LogP contribution in [0.4, 0.5) is 0 Å². The monoisotopic (exact) mass is 201 g/mol. The lowest BCUT2D eigenvalue weighted by atomic mass is 10.2. The Morgan fingerprint density at radius 2 is 2.07 bits per heavy atom. The third kappa shape index (κ3) is 1.56. The summed E-state index contributed by atoms with van der Waals surface area (Å²) in [4.78, 5) is 11.5. The SMILES string of the molecule is CCn1c(C(C)=O)cc2cc(C)ccc21. The molecule has 1 aromatic carbocycles. The average Bonchev–Trinajstić information content (AvgIpc) is 2.55. The molecule has 2 rings (SSSR count). The smallest absolute Gasteiger partial charge is 0.176 e. The Morgan fingerprint density at radius 3 is 2.67 bits per heavy atom. The molecule has 2 nitrogen and oxygen atoms in total. The van der Waals surface area contributed by atoms with Crippen molar-refractivity contribution in [2.45, 2.75) is 27.3 Å². The molecule has 0 atom stereocenters. The fourth-order valence-corrected chi connectivity index (χ4v) is 2.02. The number of ketones is 1. The van der Waals surface area contributed by atoms with Crippen LogP contribution in [0.5, 0.6) is 0 Å². The van der Waals surface area contributed by atoms with Crippen molar-refractivity contribution in [2.24, 2.45) is 0 Å². The summed E-state index contributed by atoms with van der Waals surface area (Å²) in [5, 5.41) is 1.15. The molecule has 0 aliphatic carbocycles. The fraction of sp³-hybridized carbons (Fsp3) is 0.308. The van der Waals surface area contributed by atoms with Crippen LogP contribution in [-0.4, -0.2) is 10.4 Å². The van der Waals surface area contributed by atoms with Gasteiger partial charge in [-0.15, -0.1) is 0 Å². The zero-order valence-corrected chi connectivity index (χ0v) is 9.37. The van der Waals surface area contributed by atoms with E-state index in [9.17, 15) is 4.79 Å². The molecule has 0 spiro atoms. The van der Waals surface area contributed by atoms with Crippen molar-refractivity contribution in [2.75, 3.05) is 0 Å². The molecule has 0 bridgehead atoms. The summed E-state index contributed by atoms with van der Waals surface area (Å²) in [7, 11) is 0. The number of carbonyl (C=O) groups excluding carboxylic acids is 1. The van der Waals surface area contributed by atoms with E-state index < -0.39 is 0 Å². The number of rotatable bonds is 2. The number of fused-ring (bicyclic) bond motifs is 1. The average molecular weight is 201 g/mol. The van der Waals surface area contributed by atoms with Gasteiger partial charge in [0.05, 0.1) is 5.69 Å². The van der Waals surface area contributed by atoms with Crippen molar-refractivity contribution in [1.82, 2.24) is 4.57 Å². The predicted molar refractivity (Wildman–Crippen MR) is 62.4 cm³/mol. The summed E-state index contributed by atoms with van der Waals surface area (Å²) in [5.41, 5.74) is 3.18. The molecule has 0 amide bonds. The van der Waals surface area contributed by atoms with Crippen molar-refractivity contribution in [1.29, 1.82) is 0 Å². The summed E-state index contributed by atoms with van der Waals surface area (Å²) in [6.07, 6.45) is 0. The van der Waals surface area contributed by atoms with Crippen LogP contribution < -0.4 is 0 Å². The number of nitrogens with zero attached hydrogens (tertiary/aromatic N) is 1. The number of Topliss-reactive ketones (excluding diaryl/α,β-unsaturated/α-hetero) is 1. The summed E-state index contributed by atoms with van der Waals surface area (Å²) in [6, 6.07) is 8.26. The Balaban J connectivity index is 2.78. The number of benzene rings is 1. The largest absolute Gasteiger partial charge is 0.338 e.